The lowest BCUT2D eigenvalue weighted by molar-refractivity contribution is 0.143. The lowest BCUT2D eigenvalue weighted by Gasteiger charge is -2.14. The second kappa shape index (κ2) is 6.18. The quantitative estimate of drug-likeness (QED) is 0.709. The number of hydrogen-bond acceptors (Lipinski definition) is 3. The van der Waals surface area contributed by atoms with Crippen molar-refractivity contribution >= 4 is 11.3 Å². The van der Waals surface area contributed by atoms with E-state index in [1.807, 2.05) is 12.3 Å². The van der Waals surface area contributed by atoms with Gasteiger partial charge in [-0.05, 0) is 49.9 Å². The van der Waals surface area contributed by atoms with E-state index in [0.717, 1.165) is 28.4 Å². The average Bonchev–Trinajstić information content (AvgIpc) is 3.29. The van der Waals surface area contributed by atoms with E-state index in [9.17, 15) is 5.11 Å². The van der Waals surface area contributed by atoms with Crippen LogP contribution in [0.1, 0.15) is 35.9 Å². The summed E-state index contributed by atoms with van der Waals surface area (Å²) in [4.78, 5) is 6.65. The Hall–Kier alpha value is -2.35. The van der Waals surface area contributed by atoms with Crippen LogP contribution >= 0.6 is 11.3 Å². The van der Waals surface area contributed by atoms with Crippen molar-refractivity contribution in [3.05, 3.63) is 64.8 Å². The minimum Gasteiger partial charge on any atom is -0.378 e. The van der Waals surface area contributed by atoms with Gasteiger partial charge in [0.2, 0.25) is 0 Å². The Labute approximate surface area is 152 Å². The van der Waals surface area contributed by atoms with Gasteiger partial charge in [0.15, 0.2) is 0 Å². The Morgan fingerprint density at radius 3 is 2.56 bits per heavy atom. The highest BCUT2D eigenvalue weighted by atomic mass is 32.1. The number of aromatic nitrogens is 2. The predicted molar refractivity (Wildman–Crippen MR) is 102 cm³/mol. The molecule has 4 rings (SSSR count). The smallest absolute Gasteiger partial charge is 0.150 e. The van der Waals surface area contributed by atoms with E-state index in [0.29, 0.717) is 6.04 Å². The highest BCUT2D eigenvalue weighted by molar-refractivity contribution is 7.15. The lowest BCUT2D eigenvalue weighted by atomic mass is 10.1. The molecule has 0 amide bonds. The van der Waals surface area contributed by atoms with Crippen molar-refractivity contribution in [3.63, 3.8) is 0 Å². The molecule has 0 spiro atoms. The largest absolute Gasteiger partial charge is 0.378 e. The van der Waals surface area contributed by atoms with Gasteiger partial charge in [-0.2, -0.15) is 0 Å². The highest BCUT2D eigenvalue weighted by Gasteiger charge is 2.24. The molecule has 1 N–H and O–H groups in total. The van der Waals surface area contributed by atoms with Crippen molar-refractivity contribution in [1.29, 1.82) is 0 Å². The van der Waals surface area contributed by atoms with Gasteiger partial charge in [-0.3, -0.25) is 0 Å². The maximum atomic E-state index is 9.76. The Morgan fingerprint density at radius 1 is 1.16 bits per heavy atom. The molecule has 126 valence electrons. The molecule has 0 atom stereocenters. The lowest BCUT2D eigenvalue weighted by Crippen LogP contribution is -2.14. The van der Waals surface area contributed by atoms with Gasteiger partial charge in [0, 0.05) is 18.4 Å². The fourth-order valence-corrected chi connectivity index (χ4v) is 4.13. The molecule has 2 aromatic heterocycles. The minimum absolute atomic E-state index is 0.419. The first-order valence-corrected chi connectivity index (χ1v) is 9.27. The molecular weight excluding hydrogens is 328 g/mol. The first-order chi connectivity index (χ1) is 12.0. The van der Waals surface area contributed by atoms with Crippen molar-refractivity contribution < 1.29 is 5.11 Å². The van der Waals surface area contributed by atoms with Crippen LogP contribution in [0, 0.1) is 11.8 Å². The molecule has 0 fully saturated rings. The van der Waals surface area contributed by atoms with Crippen molar-refractivity contribution in [2.24, 2.45) is 0 Å². The van der Waals surface area contributed by atoms with Crippen LogP contribution in [-0.4, -0.2) is 20.3 Å². The second-order valence-corrected chi connectivity index (χ2v) is 8.05. The molecule has 0 radical (unpaired) electrons. The SMILES string of the molecule is CC(C)(O)C#Cc1ccc(-c2nccn2C2Cc3ccccc3C2)s1. The van der Waals surface area contributed by atoms with Crippen LogP contribution in [0.25, 0.3) is 10.7 Å². The van der Waals surface area contributed by atoms with E-state index < -0.39 is 5.60 Å². The number of benzene rings is 1. The van der Waals surface area contributed by atoms with Crippen LogP contribution in [0.3, 0.4) is 0 Å². The van der Waals surface area contributed by atoms with Crippen molar-refractivity contribution in [1.82, 2.24) is 9.55 Å². The van der Waals surface area contributed by atoms with Gasteiger partial charge in [0.25, 0.3) is 0 Å². The number of thiophene rings is 1. The molecule has 25 heavy (non-hydrogen) atoms. The van der Waals surface area contributed by atoms with Gasteiger partial charge in [-0.25, -0.2) is 4.98 Å². The zero-order valence-corrected chi connectivity index (χ0v) is 15.2. The molecule has 0 saturated carbocycles. The molecule has 0 bridgehead atoms. The van der Waals surface area contributed by atoms with Crippen LogP contribution in [0.4, 0.5) is 0 Å². The summed E-state index contributed by atoms with van der Waals surface area (Å²) in [6.45, 7) is 3.39. The molecule has 4 heteroatoms. The van der Waals surface area contributed by atoms with Crippen molar-refractivity contribution in [3.8, 4) is 22.5 Å². The first-order valence-electron chi connectivity index (χ1n) is 8.45. The van der Waals surface area contributed by atoms with Crippen LogP contribution in [0.15, 0.2) is 48.8 Å². The fourth-order valence-electron chi connectivity index (χ4n) is 3.27. The van der Waals surface area contributed by atoms with E-state index in [-0.39, 0.29) is 0 Å². The Balaban J connectivity index is 1.61. The topological polar surface area (TPSA) is 38.1 Å². The number of rotatable bonds is 2. The summed E-state index contributed by atoms with van der Waals surface area (Å²) >= 11 is 1.62. The molecule has 1 aromatic carbocycles. The summed E-state index contributed by atoms with van der Waals surface area (Å²) in [5.74, 6) is 6.92. The summed E-state index contributed by atoms with van der Waals surface area (Å²) < 4.78 is 2.29. The van der Waals surface area contributed by atoms with Gasteiger partial charge < -0.3 is 9.67 Å². The number of fused-ring (bicyclic) bond motifs is 1. The van der Waals surface area contributed by atoms with Crippen molar-refractivity contribution in [2.45, 2.75) is 38.3 Å². The Morgan fingerprint density at radius 2 is 1.88 bits per heavy atom. The molecule has 0 unspecified atom stereocenters. The van der Waals surface area contributed by atoms with Crippen LogP contribution in [0.2, 0.25) is 0 Å². The minimum atomic E-state index is -0.974. The monoisotopic (exact) mass is 348 g/mol. The molecule has 1 aliphatic carbocycles. The summed E-state index contributed by atoms with van der Waals surface area (Å²) in [5, 5.41) is 9.76. The predicted octanol–water partition coefficient (Wildman–Crippen LogP) is 4.07. The highest BCUT2D eigenvalue weighted by Crippen LogP contribution is 2.34. The van der Waals surface area contributed by atoms with Crippen LogP contribution in [-0.2, 0) is 12.8 Å². The normalized spacial score (nSPS) is 14.2. The van der Waals surface area contributed by atoms with Gasteiger partial charge in [-0.1, -0.05) is 36.1 Å². The molecule has 1 aliphatic rings. The summed E-state index contributed by atoms with van der Waals surface area (Å²) in [7, 11) is 0. The van der Waals surface area contributed by atoms with Crippen LogP contribution < -0.4 is 0 Å². The van der Waals surface area contributed by atoms with Crippen LogP contribution in [0.5, 0.6) is 0 Å². The standard InChI is InChI=1S/C21H20N2OS/c1-21(2,24)10-9-18-7-8-19(25-18)20-22-11-12-23(20)17-13-15-5-3-4-6-16(15)14-17/h3-8,11-12,17,24H,13-14H2,1-2H3. The van der Waals surface area contributed by atoms with Crippen molar-refractivity contribution in [2.75, 3.05) is 0 Å². The number of imidazole rings is 1. The number of aliphatic hydroxyl groups is 1. The zero-order valence-electron chi connectivity index (χ0n) is 14.4. The maximum absolute atomic E-state index is 9.76. The average molecular weight is 348 g/mol. The third kappa shape index (κ3) is 3.39. The van der Waals surface area contributed by atoms with Gasteiger partial charge in [0.05, 0.1) is 9.75 Å². The van der Waals surface area contributed by atoms with E-state index in [1.165, 1.54) is 11.1 Å². The third-order valence-corrected chi connectivity index (χ3v) is 5.41. The molecule has 0 aliphatic heterocycles. The first kappa shape index (κ1) is 16.1. The van der Waals surface area contributed by atoms with E-state index in [1.54, 1.807) is 25.2 Å². The maximum Gasteiger partial charge on any atom is 0.150 e. The molecule has 3 aromatic rings. The van der Waals surface area contributed by atoms with Gasteiger partial charge in [0.1, 0.15) is 11.4 Å². The summed E-state index contributed by atoms with van der Waals surface area (Å²) in [6.07, 6.45) is 6.06. The Bertz CT molecular complexity index is 940. The fraction of sp³-hybridized carbons (Fsp3) is 0.286. The molecule has 2 heterocycles. The molecule has 0 saturated heterocycles. The molecule has 3 nitrogen and oxygen atoms in total. The Kier molecular flexibility index (Phi) is 3.99. The van der Waals surface area contributed by atoms with Gasteiger partial charge in [-0.15, -0.1) is 11.3 Å². The summed E-state index contributed by atoms with van der Waals surface area (Å²) in [5.41, 5.74) is 1.91. The third-order valence-electron chi connectivity index (χ3n) is 4.41. The second-order valence-electron chi connectivity index (χ2n) is 6.96. The number of hydrogen-bond donors (Lipinski definition) is 1. The summed E-state index contributed by atoms with van der Waals surface area (Å²) in [6, 6.07) is 13.2. The van der Waals surface area contributed by atoms with Gasteiger partial charge >= 0.3 is 0 Å². The van der Waals surface area contributed by atoms with E-state index in [4.69, 9.17) is 0 Å². The van der Waals surface area contributed by atoms with E-state index in [2.05, 4.69) is 57.9 Å². The molecular formula is C21H20N2OS. The van der Waals surface area contributed by atoms with E-state index >= 15 is 0 Å². The zero-order chi connectivity index (χ0) is 17.4. The number of nitrogens with zero attached hydrogens (tertiary/aromatic N) is 2.